The van der Waals surface area contributed by atoms with Crippen LogP contribution in [0.15, 0.2) is 53.2 Å². The van der Waals surface area contributed by atoms with Crippen molar-refractivity contribution in [1.82, 2.24) is 15.2 Å². The normalized spacial score (nSPS) is 10.4. The highest BCUT2D eigenvalue weighted by Gasteiger charge is 2.10. The molecule has 0 aliphatic carbocycles. The topological polar surface area (TPSA) is 90.1 Å². The van der Waals surface area contributed by atoms with Crippen molar-refractivity contribution in [2.75, 3.05) is 12.4 Å². The van der Waals surface area contributed by atoms with Crippen LogP contribution in [0.4, 0.5) is 5.69 Å². The highest BCUT2D eigenvalue weighted by atomic mass is 16.5. The number of carbonyl (C=O) groups is 1. The van der Waals surface area contributed by atoms with Gasteiger partial charge in [0, 0.05) is 42.6 Å². The summed E-state index contributed by atoms with van der Waals surface area (Å²) in [5.41, 5.74) is 1.48. The van der Waals surface area contributed by atoms with Gasteiger partial charge in [0.15, 0.2) is 0 Å². The number of nitrogens with zero attached hydrogens (tertiary/aromatic N) is 3. The molecule has 0 radical (unpaired) electrons. The molecule has 1 N–H and O–H groups in total. The summed E-state index contributed by atoms with van der Waals surface area (Å²) in [5.74, 6) is 1.39. The lowest BCUT2D eigenvalue weighted by Crippen LogP contribution is -2.12. The second kappa shape index (κ2) is 7.36. The highest BCUT2D eigenvalue weighted by molar-refractivity contribution is 5.90. The summed E-state index contributed by atoms with van der Waals surface area (Å²) in [6.07, 6.45) is 3.92. The maximum atomic E-state index is 12.0. The molecule has 0 spiro atoms. The summed E-state index contributed by atoms with van der Waals surface area (Å²) >= 11 is 0. The first-order valence-corrected chi connectivity index (χ1v) is 7.41. The largest absolute Gasteiger partial charge is 0.497 e. The first kappa shape index (κ1) is 15.7. The highest BCUT2D eigenvalue weighted by Crippen LogP contribution is 2.18. The van der Waals surface area contributed by atoms with Crippen molar-refractivity contribution in [2.24, 2.45) is 0 Å². The minimum Gasteiger partial charge on any atom is -0.497 e. The number of aromatic nitrogens is 3. The minimum atomic E-state index is -0.132. The van der Waals surface area contributed by atoms with Crippen molar-refractivity contribution in [3.8, 4) is 17.2 Å². The lowest BCUT2D eigenvalue weighted by molar-refractivity contribution is -0.116. The molecule has 3 rings (SSSR count). The second-order valence-electron chi connectivity index (χ2n) is 5.02. The number of methoxy groups -OCH3 is 1. The standard InChI is InChI=1S/C17H16N4O3/c1-23-14-4-2-3-13(11-14)19-15(22)5-6-16-20-21-17(24-16)12-7-9-18-10-8-12/h2-4,7-11H,5-6H2,1H3,(H,19,22). The molecule has 0 unspecified atom stereocenters. The van der Waals surface area contributed by atoms with Gasteiger partial charge in [-0.1, -0.05) is 6.07 Å². The molecule has 2 heterocycles. The molecule has 0 aliphatic heterocycles. The number of benzene rings is 1. The fourth-order valence-electron chi connectivity index (χ4n) is 2.11. The first-order valence-electron chi connectivity index (χ1n) is 7.41. The molecule has 0 aliphatic rings. The van der Waals surface area contributed by atoms with E-state index in [9.17, 15) is 4.79 Å². The molecule has 24 heavy (non-hydrogen) atoms. The molecule has 0 bridgehead atoms. The van der Waals surface area contributed by atoms with E-state index in [1.807, 2.05) is 12.1 Å². The zero-order valence-electron chi connectivity index (χ0n) is 13.1. The quantitative estimate of drug-likeness (QED) is 0.750. The summed E-state index contributed by atoms with van der Waals surface area (Å²) in [5, 5.41) is 10.7. The fraction of sp³-hybridized carbons (Fsp3) is 0.176. The molecular weight excluding hydrogens is 308 g/mol. The zero-order valence-corrected chi connectivity index (χ0v) is 13.1. The Balaban J connectivity index is 1.56. The van der Waals surface area contributed by atoms with Crippen LogP contribution in [0.1, 0.15) is 12.3 Å². The molecular formula is C17H16N4O3. The number of amides is 1. The van der Waals surface area contributed by atoms with Crippen LogP contribution in [-0.4, -0.2) is 28.2 Å². The number of carbonyl (C=O) groups excluding carboxylic acids is 1. The van der Waals surface area contributed by atoms with E-state index in [1.165, 1.54) is 0 Å². The summed E-state index contributed by atoms with van der Waals surface area (Å²) in [4.78, 5) is 15.9. The van der Waals surface area contributed by atoms with Gasteiger partial charge in [-0.3, -0.25) is 9.78 Å². The SMILES string of the molecule is COc1cccc(NC(=O)CCc2nnc(-c3ccncc3)o2)c1. The van der Waals surface area contributed by atoms with Crippen molar-refractivity contribution < 1.29 is 13.9 Å². The smallest absolute Gasteiger partial charge is 0.247 e. The monoisotopic (exact) mass is 324 g/mol. The van der Waals surface area contributed by atoms with Crippen LogP contribution in [0, 0.1) is 0 Å². The van der Waals surface area contributed by atoms with Crippen LogP contribution >= 0.6 is 0 Å². The molecule has 7 nitrogen and oxygen atoms in total. The van der Waals surface area contributed by atoms with Crippen molar-refractivity contribution in [3.05, 3.63) is 54.7 Å². The minimum absolute atomic E-state index is 0.132. The van der Waals surface area contributed by atoms with Gasteiger partial charge in [-0.15, -0.1) is 10.2 Å². The Kier molecular flexibility index (Phi) is 4.81. The second-order valence-corrected chi connectivity index (χ2v) is 5.02. The number of nitrogens with one attached hydrogen (secondary N) is 1. The maximum Gasteiger partial charge on any atom is 0.247 e. The average Bonchev–Trinajstić information content (AvgIpc) is 3.10. The Bertz CT molecular complexity index is 817. The number of hydrogen-bond acceptors (Lipinski definition) is 6. The van der Waals surface area contributed by atoms with Crippen LogP contribution in [-0.2, 0) is 11.2 Å². The van der Waals surface area contributed by atoms with Crippen LogP contribution in [0.25, 0.3) is 11.5 Å². The molecule has 0 fully saturated rings. The Morgan fingerprint density at radius 1 is 1.21 bits per heavy atom. The van der Waals surface area contributed by atoms with Gasteiger partial charge in [0.05, 0.1) is 7.11 Å². The predicted molar refractivity (Wildman–Crippen MR) is 87.5 cm³/mol. The number of pyridine rings is 1. The third-order valence-corrected chi connectivity index (χ3v) is 3.31. The third-order valence-electron chi connectivity index (χ3n) is 3.31. The molecule has 2 aromatic heterocycles. The van der Waals surface area contributed by atoms with Gasteiger partial charge in [0.25, 0.3) is 0 Å². The maximum absolute atomic E-state index is 12.0. The molecule has 0 saturated heterocycles. The Morgan fingerprint density at radius 3 is 2.83 bits per heavy atom. The number of anilines is 1. The Labute approximate surface area is 138 Å². The average molecular weight is 324 g/mol. The van der Waals surface area contributed by atoms with Gasteiger partial charge in [0.1, 0.15) is 5.75 Å². The van der Waals surface area contributed by atoms with Crippen LogP contribution in [0.3, 0.4) is 0 Å². The van der Waals surface area contributed by atoms with E-state index in [1.54, 1.807) is 43.8 Å². The number of rotatable bonds is 6. The van der Waals surface area contributed by atoms with E-state index in [0.29, 0.717) is 29.6 Å². The third kappa shape index (κ3) is 3.95. The van der Waals surface area contributed by atoms with E-state index in [4.69, 9.17) is 9.15 Å². The van der Waals surface area contributed by atoms with Crippen molar-refractivity contribution >= 4 is 11.6 Å². The van der Waals surface area contributed by atoms with Crippen LogP contribution in [0.5, 0.6) is 5.75 Å². The number of aryl methyl sites for hydroxylation is 1. The lowest BCUT2D eigenvalue weighted by Gasteiger charge is -2.06. The van der Waals surface area contributed by atoms with Crippen molar-refractivity contribution in [2.45, 2.75) is 12.8 Å². The Morgan fingerprint density at radius 2 is 2.04 bits per heavy atom. The summed E-state index contributed by atoms with van der Waals surface area (Å²) in [6.45, 7) is 0. The van der Waals surface area contributed by atoms with Gasteiger partial charge in [-0.25, -0.2) is 0 Å². The van der Waals surface area contributed by atoms with Gasteiger partial charge >= 0.3 is 0 Å². The van der Waals surface area contributed by atoms with Gasteiger partial charge < -0.3 is 14.5 Å². The summed E-state index contributed by atoms with van der Waals surface area (Å²) in [7, 11) is 1.58. The van der Waals surface area contributed by atoms with E-state index in [0.717, 1.165) is 5.56 Å². The number of hydrogen-bond donors (Lipinski definition) is 1. The fourth-order valence-corrected chi connectivity index (χ4v) is 2.11. The van der Waals surface area contributed by atoms with Gasteiger partial charge in [-0.05, 0) is 24.3 Å². The van der Waals surface area contributed by atoms with Crippen molar-refractivity contribution in [1.29, 1.82) is 0 Å². The molecule has 1 amide bonds. The molecule has 3 aromatic rings. The molecule has 1 aromatic carbocycles. The van der Waals surface area contributed by atoms with E-state index >= 15 is 0 Å². The summed E-state index contributed by atoms with van der Waals surface area (Å²) in [6, 6.07) is 10.8. The van der Waals surface area contributed by atoms with Gasteiger partial charge in [-0.2, -0.15) is 0 Å². The van der Waals surface area contributed by atoms with Crippen molar-refractivity contribution in [3.63, 3.8) is 0 Å². The Hall–Kier alpha value is -3.22. The zero-order chi connectivity index (χ0) is 16.8. The predicted octanol–water partition coefficient (Wildman–Crippen LogP) is 2.71. The molecule has 7 heteroatoms. The van der Waals surface area contributed by atoms with E-state index in [-0.39, 0.29) is 12.3 Å². The number of ether oxygens (including phenoxy) is 1. The first-order chi connectivity index (χ1) is 11.7. The van der Waals surface area contributed by atoms with E-state index in [2.05, 4.69) is 20.5 Å². The summed E-state index contributed by atoms with van der Waals surface area (Å²) < 4.78 is 10.7. The lowest BCUT2D eigenvalue weighted by atomic mass is 10.2. The van der Waals surface area contributed by atoms with Gasteiger partial charge in [0.2, 0.25) is 17.7 Å². The molecule has 122 valence electrons. The molecule has 0 atom stereocenters. The molecule has 0 saturated carbocycles. The van der Waals surface area contributed by atoms with Crippen LogP contribution in [0.2, 0.25) is 0 Å². The van der Waals surface area contributed by atoms with E-state index < -0.39 is 0 Å². The van der Waals surface area contributed by atoms with Crippen LogP contribution < -0.4 is 10.1 Å².